The maximum absolute atomic E-state index is 13.7. The normalized spacial score (nSPS) is 20.5. The number of rotatable bonds is 4. The third-order valence-electron chi connectivity index (χ3n) is 3.33. The summed E-state index contributed by atoms with van der Waals surface area (Å²) in [5.41, 5.74) is 0.545. The van der Waals surface area contributed by atoms with Crippen LogP contribution in [0, 0.1) is 5.92 Å². The van der Waals surface area contributed by atoms with E-state index in [4.69, 9.17) is 0 Å². The molecule has 1 aliphatic rings. The molecular formula is C14H21FN2. The van der Waals surface area contributed by atoms with Crippen molar-refractivity contribution in [1.82, 2.24) is 5.32 Å². The van der Waals surface area contributed by atoms with Crippen LogP contribution in [-0.2, 0) is 5.67 Å². The smallest absolute Gasteiger partial charge is 0.130 e. The van der Waals surface area contributed by atoms with Gasteiger partial charge < -0.3 is 10.6 Å². The minimum atomic E-state index is -1.26. The van der Waals surface area contributed by atoms with Gasteiger partial charge in [0.15, 0.2) is 0 Å². The van der Waals surface area contributed by atoms with E-state index in [1.54, 1.807) is 13.8 Å². The van der Waals surface area contributed by atoms with Gasteiger partial charge in [0.25, 0.3) is 0 Å². The number of hydrogen-bond acceptors (Lipinski definition) is 2. The highest BCUT2D eigenvalue weighted by Gasteiger charge is 2.18. The molecule has 1 aromatic carbocycles. The first-order valence-electron chi connectivity index (χ1n) is 6.30. The fraction of sp³-hybridized carbons (Fsp3) is 0.571. The van der Waals surface area contributed by atoms with Gasteiger partial charge >= 0.3 is 0 Å². The van der Waals surface area contributed by atoms with E-state index in [1.807, 2.05) is 24.3 Å². The molecule has 1 aliphatic heterocycles. The highest BCUT2D eigenvalue weighted by Crippen LogP contribution is 2.25. The van der Waals surface area contributed by atoms with E-state index in [2.05, 4.69) is 10.6 Å². The molecule has 1 aromatic rings. The van der Waals surface area contributed by atoms with Gasteiger partial charge in [-0.2, -0.15) is 0 Å². The Hall–Kier alpha value is -1.09. The van der Waals surface area contributed by atoms with Crippen molar-refractivity contribution in [2.45, 2.75) is 25.9 Å². The summed E-state index contributed by atoms with van der Waals surface area (Å²) in [6.07, 6.45) is 1.24. The molecule has 2 N–H and O–H groups in total. The van der Waals surface area contributed by atoms with Gasteiger partial charge in [-0.1, -0.05) is 12.1 Å². The Bertz CT molecular complexity index is 347. The van der Waals surface area contributed by atoms with E-state index in [-0.39, 0.29) is 0 Å². The summed E-state index contributed by atoms with van der Waals surface area (Å²) < 4.78 is 13.7. The molecule has 1 heterocycles. The maximum Gasteiger partial charge on any atom is 0.130 e. The molecule has 1 unspecified atom stereocenters. The zero-order valence-corrected chi connectivity index (χ0v) is 10.6. The first kappa shape index (κ1) is 12.4. The van der Waals surface area contributed by atoms with Crippen LogP contribution in [0.4, 0.5) is 10.1 Å². The van der Waals surface area contributed by atoms with E-state index in [9.17, 15) is 4.39 Å². The largest absolute Gasteiger partial charge is 0.385 e. The lowest BCUT2D eigenvalue weighted by Gasteiger charge is -2.16. The van der Waals surface area contributed by atoms with Crippen molar-refractivity contribution >= 4 is 5.69 Å². The Morgan fingerprint density at radius 1 is 1.35 bits per heavy atom. The monoisotopic (exact) mass is 236 g/mol. The van der Waals surface area contributed by atoms with Crippen molar-refractivity contribution in [2.24, 2.45) is 5.92 Å². The van der Waals surface area contributed by atoms with Crippen LogP contribution in [0.25, 0.3) is 0 Å². The number of benzene rings is 1. The van der Waals surface area contributed by atoms with Crippen molar-refractivity contribution in [2.75, 3.05) is 25.0 Å². The van der Waals surface area contributed by atoms with Gasteiger partial charge in [0.2, 0.25) is 0 Å². The topological polar surface area (TPSA) is 24.1 Å². The second kappa shape index (κ2) is 5.05. The molecule has 2 rings (SSSR count). The number of anilines is 1. The molecule has 1 saturated heterocycles. The van der Waals surface area contributed by atoms with Crippen LogP contribution in [0.1, 0.15) is 25.8 Å². The number of alkyl halides is 1. The van der Waals surface area contributed by atoms with Crippen molar-refractivity contribution in [1.29, 1.82) is 0 Å². The van der Waals surface area contributed by atoms with Crippen LogP contribution in [0.5, 0.6) is 0 Å². The van der Waals surface area contributed by atoms with Crippen molar-refractivity contribution < 1.29 is 4.39 Å². The Kier molecular flexibility index (Phi) is 3.67. The second-order valence-electron chi connectivity index (χ2n) is 5.29. The molecular weight excluding hydrogens is 215 g/mol. The lowest BCUT2D eigenvalue weighted by Crippen LogP contribution is -2.17. The van der Waals surface area contributed by atoms with Crippen LogP contribution in [0.3, 0.4) is 0 Å². The number of halogens is 1. The van der Waals surface area contributed by atoms with Gasteiger partial charge in [-0.15, -0.1) is 0 Å². The minimum absolute atomic E-state index is 0.715. The standard InChI is InChI=1S/C14H21FN2/c1-14(2,15)12-3-5-13(6-4-12)17-10-11-7-8-16-9-11/h3-6,11,16-17H,7-10H2,1-2H3. The van der Waals surface area contributed by atoms with Gasteiger partial charge in [-0.3, -0.25) is 0 Å². The third-order valence-corrected chi connectivity index (χ3v) is 3.33. The Balaban J connectivity index is 1.89. The molecule has 0 bridgehead atoms. The summed E-state index contributed by atoms with van der Waals surface area (Å²) in [4.78, 5) is 0. The van der Waals surface area contributed by atoms with Crippen molar-refractivity contribution in [3.63, 3.8) is 0 Å². The van der Waals surface area contributed by atoms with Crippen LogP contribution >= 0.6 is 0 Å². The summed E-state index contributed by atoms with van der Waals surface area (Å²) in [6.45, 7) is 6.38. The van der Waals surface area contributed by atoms with Gasteiger partial charge in [0, 0.05) is 12.2 Å². The first-order chi connectivity index (χ1) is 8.05. The molecule has 0 aromatic heterocycles. The molecule has 0 spiro atoms. The lowest BCUT2D eigenvalue weighted by molar-refractivity contribution is 0.221. The summed E-state index contributed by atoms with van der Waals surface area (Å²) in [5, 5.41) is 6.75. The molecule has 0 amide bonds. The average molecular weight is 236 g/mol. The second-order valence-corrected chi connectivity index (χ2v) is 5.29. The van der Waals surface area contributed by atoms with Gasteiger partial charge in [0.1, 0.15) is 5.67 Å². The maximum atomic E-state index is 13.7. The Labute approximate surface area is 103 Å². The average Bonchev–Trinajstić information content (AvgIpc) is 2.78. The minimum Gasteiger partial charge on any atom is -0.385 e. The van der Waals surface area contributed by atoms with Crippen LogP contribution in [-0.4, -0.2) is 19.6 Å². The van der Waals surface area contributed by atoms with Crippen LogP contribution in [0.2, 0.25) is 0 Å². The van der Waals surface area contributed by atoms with Gasteiger partial charge in [0.05, 0.1) is 0 Å². The molecule has 17 heavy (non-hydrogen) atoms. The molecule has 0 saturated carbocycles. The zero-order chi connectivity index (χ0) is 12.3. The molecule has 0 aliphatic carbocycles. The van der Waals surface area contributed by atoms with Crippen LogP contribution < -0.4 is 10.6 Å². The summed E-state index contributed by atoms with van der Waals surface area (Å²) >= 11 is 0. The molecule has 2 nitrogen and oxygen atoms in total. The summed E-state index contributed by atoms with van der Waals surface area (Å²) in [6, 6.07) is 7.63. The van der Waals surface area contributed by atoms with E-state index in [0.29, 0.717) is 5.92 Å². The third kappa shape index (κ3) is 3.43. The predicted octanol–water partition coefficient (Wildman–Crippen LogP) is 2.91. The Morgan fingerprint density at radius 3 is 2.59 bits per heavy atom. The molecule has 0 radical (unpaired) electrons. The van der Waals surface area contributed by atoms with Gasteiger partial charge in [-0.05, 0) is 57.0 Å². The predicted molar refractivity (Wildman–Crippen MR) is 70.0 cm³/mol. The highest BCUT2D eigenvalue weighted by molar-refractivity contribution is 5.45. The van der Waals surface area contributed by atoms with E-state index >= 15 is 0 Å². The zero-order valence-electron chi connectivity index (χ0n) is 10.6. The number of hydrogen-bond donors (Lipinski definition) is 2. The summed E-state index contributed by atoms with van der Waals surface area (Å²) in [7, 11) is 0. The first-order valence-corrected chi connectivity index (χ1v) is 6.30. The van der Waals surface area contributed by atoms with E-state index in [1.165, 1.54) is 6.42 Å². The summed E-state index contributed by atoms with van der Waals surface area (Å²) in [5.74, 6) is 0.715. The SMILES string of the molecule is CC(C)(F)c1ccc(NCC2CCNC2)cc1. The fourth-order valence-corrected chi connectivity index (χ4v) is 2.14. The van der Waals surface area contributed by atoms with Crippen LogP contribution in [0.15, 0.2) is 24.3 Å². The Morgan fingerprint density at radius 2 is 2.06 bits per heavy atom. The van der Waals surface area contributed by atoms with E-state index < -0.39 is 5.67 Å². The highest BCUT2D eigenvalue weighted by atomic mass is 19.1. The molecule has 1 fully saturated rings. The van der Waals surface area contributed by atoms with E-state index in [0.717, 1.165) is 30.9 Å². The van der Waals surface area contributed by atoms with Gasteiger partial charge in [-0.25, -0.2) is 4.39 Å². The number of nitrogens with one attached hydrogen (secondary N) is 2. The van der Waals surface area contributed by atoms with Crippen molar-refractivity contribution in [3.05, 3.63) is 29.8 Å². The van der Waals surface area contributed by atoms with Crippen molar-refractivity contribution in [3.8, 4) is 0 Å². The fourth-order valence-electron chi connectivity index (χ4n) is 2.14. The molecule has 3 heteroatoms. The molecule has 1 atom stereocenters. The lowest BCUT2D eigenvalue weighted by atomic mass is 10.00. The molecule has 94 valence electrons. The quantitative estimate of drug-likeness (QED) is 0.840.